The maximum absolute atomic E-state index is 13.5. The number of rotatable bonds is 6. The number of Topliss-reactive ketones (excluding diaryl/α,β-unsaturated/α-hetero) is 1. The van der Waals surface area contributed by atoms with Crippen molar-refractivity contribution in [1.29, 1.82) is 5.26 Å². The molecule has 0 aromatic rings. The Morgan fingerprint density at radius 3 is 2.26 bits per heavy atom. The van der Waals surface area contributed by atoms with Gasteiger partial charge in [0.05, 0.1) is 11.0 Å². The van der Waals surface area contributed by atoms with Gasteiger partial charge in [0.1, 0.15) is 6.07 Å². The van der Waals surface area contributed by atoms with E-state index < -0.39 is 16.2 Å². The van der Waals surface area contributed by atoms with Gasteiger partial charge in [-0.25, -0.2) is 0 Å². The fourth-order valence-corrected chi connectivity index (χ4v) is 8.93. The van der Waals surface area contributed by atoms with Crippen LogP contribution in [0.5, 0.6) is 0 Å². The summed E-state index contributed by atoms with van der Waals surface area (Å²) >= 11 is 0. The Hall–Kier alpha value is -2.22. The standard InChI is InChI=1S/C34H52N2O3/c1-22-19-29(3,4)14-16-34(22,28(39)36-11)17-15-30(5,6)33(10)13-12-25-31(7,8)27(38)24(21-35)20-32(25,9)26(33)18-23(2)37/h18,20,22,25H,12-17,19H2,1-11H3,(H,36,39)/b26-18-/t22?,25-,32-,33+,34-/m0/s1. The predicted octanol–water partition coefficient (Wildman–Crippen LogP) is 7.37. The third-order valence-electron chi connectivity index (χ3n) is 11.9. The molecule has 3 aliphatic carbocycles. The van der Waals surface area contributed by atoms with E-state index in [1.54, 1.807) is 20.0 Å². The van der Waals surface area contributed by atoms with Gasteiger partial charge in [0.15, 0.2) is 11.6 Å². The molecule has 5 atom stereocenters. The molecule has 0 aromatic carbocycles. The highest BCUT2D eigenvalue weighted by molar-refractivity contribution is 6.04. The molecule has 0 radical (unpaired) electrons. The molecule has 1 unspecified atom stereocenters. The smallest absolute Gasteiger partial charge is 0.226 e. The van der Waals surface area contributed by atoms with Crippen LogP contribution in [0, 0.1) is 55.7 Å². The van der Waals surface area contributed by atoms with E-state index in [2.05, 4.69) is 59.9 Å². The van der Waals surface area contributed by atoms with Gasteiger partial charge in [-0.1, -0.05) is 74.0 Å². The van der Waals surface area contributed by atoms with Crippen molar-refractivity contribution in [2.45, 2.75) is 114 Å². The minimum Gasteiger partial charge on any atom is -0.359 e. The average Bonchev–Trinajstić information content (AvgIpc) is 2.82. The molecule has 1 N–H and O–H groups in total. The van der Waals surface area contributed by atoms with Gasteiger partial charge in [-0.2, -0.15) is 5.26 Å². The summed E-state index contributed by atoms with van der Waals surface area (Å²) in [6.07, 6.45) is 9.93. The van der Waals surface area contributed by atoms with Crippen molar-refractivity contribution in [2.75, 3.05) is 7.05 Å². The van der Waals surface area contributed by atoms with E-state index in [0.29, 0.717) is 0 Å². The topological polar surface area (TPSA) is 87.0 Å². The number of nitrogens with zero attached hydrogens (tertiary/aromatic N) is 1. The number of fused-ring (bicyclic) bond motifs is 1. The molecule has 3 aliphatic rings. The highest BCUT2D eigenvalue weighted by Gasteiger charge is 2.61. The zero-order valence-corrected chi connectivity index (χ0v) is 26.4. The second-order valence-electron chi connectivity index (χ2n) is 15.5. The number of carbonyl (C=O) groups excluding carboxylic acids is 3. The molecule has 5 heteroatoms. The lowest BCUT2D eigenvalue weighted by atomic mass is 9.42. The first-order valence-corrected chi connectivity index (χ1v) is 14.9. The summed E-state index contributed by atoms with van der Waals surface area (Å²) in [5.74, 6) is 0.314. The molecule has 5 nitrogen and oxygen atoms in total. The number of allylic oxidation sites excluding steroid dienone is 4. The second-order valence-corrected chi connectivity index (χ2v) is 15.5. The van der Waals surface area contributed by atoms with Gasteiger partial charge in [-0.05, 0) is 86.0 Å². The molecule has 0 aromatic heterocycles. The highest BCUT2D eigenvalue weighted by Crippen LogP contribution is 2.67. The van der Waals surface area contributed by atoms with Crippen LogP contribution in [0.2, 0.25) is 0 Å². The number of amides is 1. The van der Waals surface area contributed by atoms with Gasteiger partial charge >= 0.3 is 0 Å². The number of nitrogens with one attached hydrogen (secondary N) is 1. The van der Waals surface area contributed by atoms with Gasteiger partial charge in [0.25, 0.3) is 0 Å². The van der Waals surface area contributed by atoms with Crippen LogP contribution in [0.15, 0.2) is 23.3 Å². The van der Waals surface area contributed by atoms with Crippen molar-refractivity contribution in [3.8, 4) is 6.07 Å². The summed E-state index contributed by atoms with van der Waals surface area (Å²) < 4.78 is 0. The molecule has 3 rings (SSSR count). The molecule has 0 aliphatic heterocycles. The van der Waals surface area contributed by atoms with E-state index in [9.17, 15) is 19.6 Å². The van der Waals surface area contributed by atoms with Crippen LogP contribution in [-0.2, 0) is 14.4 Å². The van der Waals surface area contributed by atoms with Gasteiger partial charge in [-0.15, -0.1) is 0 Å². The van der Waals surface area contributed by atoms with Crippen molar-refractivity contribution < 1.29 is 14.4 Å². The summed E-state index contributed by atoms with van der Waals surface area (Å²) in [5, 5.41) is 12.9. The van der Waals surface area contributed by atoms with Crippen LogP contribution in [0.3, 0.4) is 0 Å². The Bertz CT molecular complexity index is 1150. The van der Waals surface area contributed by atoms with Crippen LogP contribution in [-0.4, -0.2) is 24.5 Å². The van der Waals surface area contributed by atoms with E-state index in [-0.39, 0.29) is 51.1 Å². The maximum Gasteiger partial charge on any atom is 0.226 e. The Balaban J connectivity index is 2.08. The molecule has 2 saturated carbocycles. The Kier molecular flexibility index (Phi) is 8.03. The van der Waals surface area contributed by atoms with Gasteiger partial charge in [0, 0.05) is 17.9 Å². The Morgan fingerprint density at radius 1 is 1.13 bits per heavy atom. The number of hydrogen-bond acceptors (Lipinski definition) is 4. The second kappa shape index (κ2) is 10.0. The van der Waals surface area contributed by atoms with E-state index in [4.69, 9.17) is 0 Å². The number of nitriles is 1. The Morgan fingerprint density at radius 2 is 1.74 bits per heavy atom. The lowest BCUT2D eigenvalue weighted by molar-refractivity contribution is -0.140. The average molecular weight is 537 g/mol. The minimum absolute atomic E-state index is 0.00174. The summed E-state index contributed by atoms with van der Waals surface area (Å²) in [4.78, 5) is 39.4. The molecule has 0 saturated heterocycles. The lowest BCUT2D eigenvalue weighted by Gasteiger charge is -2.61. The monoisotopic (exact) mass is 536 g/mol. The van der Waals surface area contributed by atoms with Crippen molar-refractivity contribution in [2.24, 2.45) is 44.3 Å². The lowest BCUT2D eigenvalue weighted by Crippen LogP contribution is -2.56. The number of hydrogen-bond donors (Lipinski definition) is 1. The largest absolute Gasteiger partial charge is 0.359 e. The van der Waals surface area contributed by atoms with Crippen LogP contribution < -0.4 is 5.32 Å². The van der Waals surface area contributed by atoms with Gasteiger partial charge in [-0.3, -0.25) is 14.4 Å². The molecule has 1 amide bonds. The van der Waals surface area contributed by atoms with Gasteiger partial charge < -0.3 is 5.32 Å². The first kappa shape index (κ1) is 31.3. The number of ketones is 2. The number of carbonyl (C=O) groups is 3. The van der Waals surface area contributed by atoms with Crippen LogP contribution in [0.1, 0.15) is 114 Å². The third-order valence-corrected chi connectivity index (χ3v) is 11.9. The molecule has 2 fully saturated rings. The van der Waals surface area contributed by atoms with Crippen LogP contribution in [0.4, 0.5) is 0 Å². The summed E-state index contributed by atoms with van der Waals surface area (Å²) in [6.45, 7) is 21.3. The SMILES string of the molecule is CNC(=O)[C@]1(CCC(C)(C)[C@]2(C)CC[C@H]3C(C)(C)C(=O)C(C#N)=C[C@]3(C)/C2=C/C(C)=O)CCC(C)(C)CC1C. The minimum atomic E-state index is -0.691. The zero-order chi connectivity index (χ0) is 29.8. The zero-order valence-electron chi connectivity index (χ0n) is 26.4. The molecule has 0 bridgehead atoms. The summed E-state index contributed by atoms with van der Waals surface area (Å²) in [6, 6.07) is 2.17. The highest BCUT2D eigenvalue weighted by atomic mass is 16.2. The normalized spacial score (nSPS) is 36.9. The van der Waals surface area contributed by atoms with E-state index in [1.165, 1.54) is 0 Å². The summed E-state index contributed by atoms with van der Waals surface area (Å²) in [7, 11) is 1.75. The molecule has 0 heterocycles. The van der Waals surface area contributed by atoms with Crippen molar-refractivity contribution >= 4 is 17.5 Å². The first-order chi connectivity index (χ1) is 17.7. The first-order valence-electron chi connectivity index (χ1n) is 14.9. The van der Waals surface area contributed by atoms with E-state index in [0.717, 1.165) is 50.5 Å². The molecule has 216 valence electrons. The molecule has 0 spiro atoms. The fraction of sp³-hybridized carbons (Fsp3) is 0.765. The van der Waals surface area contributed by atoms with Crippen molar-refractivity contribution in [3.63, 3.8) is 0 Å². The van der Waals surface area contributed by atoms with Crippen molar-refractivity contribution in [3.05, 3.63) is 23.3 Å². The van der Waals surface area contributed by atoms with Crippen LogP contribution >= 0.6 is 0 Å². The van der Waals surface area contributed by atoms with Crippen LogP contribution in [0.25, 0.3) is 0 Å². The maximum atomic E-state index is 13.5. The molecule has 39 heavy (non-hydrogen) atoms. The van der Waals surface area contributed by atoms with Crippen molar-refractivity contribution in [1.82, 2.24) is 5.32 Å². The van der Waals surface area contributed by atoms with E-state index >= 15 is 0 Å². The Labute approximate surface area is 237 Å². The van der Waals surface area contributed by atoms with E-state index in [1.807, 2.05) is 19.9 Å². The molecular weight excluding hydrogens is 484 g/mol. The molecular formula is C34H52N2O3. The quantitative estimate of drug-likeness (QED) is 0.359. The predicted molar refractivity (Wildman–Crippen MR) is 156 cm³/mol. The fourth-order valence-electron chi connectivity index (χ4n) is 8.93. The van der Waals surface area contributed by atoms with Gasteiger partial charge in [0.2, 0.25) is 5.91 Å². The third kappa shape index (κ3) is 4.95. The summed E-state index contributed by atoms with van der Waals surface area (Å²) in [5.41, 5.74) is -0.796.